The van der Waals surface area contributed by atoms with Crippen LogP contribution in [0.1, 0.15) is 39.0 Å². The summed E-state index contributed by atoms with van der Waals surface area (Å²) in [6.45, 7) is 14.3. The highest BCUT2D eigenvalue weighted by Crippen LogP contribution is 2.14. The van der Waals surface area contributed by atoms with Crippen LogP contribution in [0, 0.1) is 5.92 Å². The maximum Gasteiger partial charge on any atom is 0.191 e. The minimum atomic E-state index is 0. The Bertz CT molecular complexity index is 414. The van der Waals surface area contributed by atoms with Gasteiger partial charge in [-0.2, -0.15) is 0 Å². The third-order valence-electron chi connectivity index (χ3n) is 5.54. The molecule has 2 aliphatic heterocycles. The summed E-state index contributed by atoms with van der Waals surface area (Å²) in [7, 11) is 2.21. The fourth-order valence-electron chi connectivity index (χ4n) is 3.60. The second-order valence-electron chi connectivity index (χ2n) is 8.02. The molecule has 2 heterocycles. The van der Waals surface area contributed by atoms with Gasteiger partial charge in [0.1, 0.15) is 0 Å². The molecule has 0 unspecified atom stereocenters. The number of halogens is 1. The smallest absolute Gasteiger partial charge is 0.191 e. The molecule has 0 spiro atoms. The molecule has 0 bridgehead atoms. The highest BCUT2D eigenvalue weighted by molar-refractivity contribution is 14.0. The number of ether oxygens (including phenoxy) is 2. The average molecular weight is 526 g/mol. The molecule has 8 heteroatoms. The molecular formula is C21H44IN5O2. The van der Waals surface area contributed by atoms with Crippen LogP contribution < -0.4 is 10.6 Å². The number of hydrogen-bond donors (Lipinski definition) is 2. The molecule has 0 aromatic rings. The molecule has 2 rings (SSSR count). The van der Waals surface area contributed by atoms with Gasteiger partial charge in [0.2, 0.25) is 0 Å². The van der Waals surface area contributed by atoms with Crippen molar-refractivity contribution in [1.29, 1.82) is 0 Å². The lowest BCUT2D eigenvalue weighted by Gasteiger charge is -2.32. The molecule has 0 aliphatic carbocycles. The molecule has 7 nitrogen and oxygen atoms in total. The van der Waals surface area contributed by atoms with Crippen LogP contribution in [0.3, 0.4) is 0 Å². The Morgan fingerprint density at radius 2 is 1.83 bits per heavy atom. The first-order chi connectivity index (χ1) is 13.8. The van der Waals surface area contributed by atoms with Gasteiger partial charge >= 0.3 is 0 Å². The van der Waals surface area contributed by atoms with Crippen molar-refractivity contribution in [2.75, 3.05) is 85.8 Å². The van der Waals surface area contributed by atoms with Crippen molar-refractivity contribution in [2.24, 2.45) is 10.9 Å². The number of nitrogens with one attached hydrogen (secondary N) is 2. The van der Waals surface area contributed by atoms with Crippen molar-refractivity contribution in [3.8, 4) is 0 Å². The van der Waals surface area contributed by atoms with Crippen molar-refractivity contribution in [3.63, 3.8) is 0 Å². The monoisotopic (exact) mass is 525 g/mol. The van der Waals surface area contributed by atoms with E-state index < -0.39 is 0 Å². The summed E-state index contributed by atoms with van der Waals surface area (Å²) in [5, 5.41) is 6.80. The Kier molecular flexibility index (Phi) is 16.2. The first-order valence-electron chi connectivity index (χ1n) is 11.4. The van der Waals surface area contributed by atoms with Gasteiger partial charge in [-0.1, -0.05) is 0 Å². The van der Waals surface area contributed by atoms with E-state index >= 15 is 0 Å². The number of aliphatic imine (C=N–C) groups is 1. The third kappa shape index (κ3) is 13.0. The molecule has 29 heavy (non-hydrogen) atoms. The lowest BCUT2D eigenvalue weighted by Crippen LogP contribution is -2.44. The first kappa shape index (κ1) is 26.9. The number of likely N-dealkylation sites (N-methyl/N-ethyl adjacent to an activating group) is 1. The second kappa shape index (κ2) is 17.5. The Morgan fingerprint density at radius 3 is 2.55 bits per heavy atom. The van der Waals surface area contributed by atoms with Crippen LogP contribution in [0.5, 0.6) is 0 Å². The summed E-state index contributed by atoms with van der Waals surface area (Å²) in [5.74, 6) is 1.62. The second-order valence-corrected chi connectivity index (χ2v) is 8.02. The van der Waals surface area contributed by atoms with E-state index in [-0.39, 0.29) is 24.0 Å². The SMILES string of the molecule is CCNC(=NCCCOCC1CCOCC1)NCCCCN1CCN(C)CC1.I. The molecule has 2 aliphatic rings. The molecule has 2 fully saturated rings. The van der Waals surface area contributed by atoms with Gasteiger partial charge in [-0.05, 0) is 58.5 Å². The highest BCUT2D eigenvalue weighted by Gasteiger charge is 2.14. The number of hydrogen-bond acceptors (Lipinski definition) is 5. The van der Waals surface area contributed by atoms with Gasteiger partial charge in [-0.25, -0.2) is 0 Å². The molecule has 2 N–H and O–H groups in total. The summed E-state index contributed by atoms with van der Waals surface area (Å²) in [6.07, 6.45) is 5.69. The van der Waals surface area contributed by atoms with Crippen LogP contribution in [-0.4, -0.2) is 102 Å². The summed E-state index contributed by atoms with van der Waals surface area (Å²) >= 11 is 0. The standard InChI is InChI=1S/C21H43N5O2.HI/c1-3-22-21(23-9-4-5-11-26-14-12-25(2)13-15-26)24-10-6-16-28-19-20-7-17-27-18-8-20;/h20H,3-19H2,1-2H3,(H2,22,23,24);1H. The highest BCUT2D eigenvalue weighted by atomic mass is 127. The van der Waals surface area contributed by atoms with Crippen LogP contribution in [0.4, 0.5) is 0 Å². The zero-order valence-electron chi connectivity index (χ0n) is 18.7. The maximum absolute atomic E-state index is 5.82. The van der Waals surface area contributed by atoms with Crippen molar-refractivity contribution < 1.29 is 9.47 Å². The van der Waals surface area contributed by atoms with Crippen LogP contribution in [-0.2, 0) is 9.47 Å². The van der Waals surface area contributed by atoms with Gasteiger partial charge in [0.25, 0.3) is 0 Å². The molecule has 0 radical (unpaired) electrons. The van der Waals surface area contributed by atoms with Crippen LogP contribution in [0.2, 0.25) is 0 Å². The van der Waals surface area contributed by atoms with Gasteiger partial charge < -0.3 is 29.9 Å². The summed E-state index contributed by atoms with van der Waals surface area (Å²) in [5.41, 5.74) is 0. The first-order valence-corrected chi connectivity index (χ1v) is 11.4. The van der Waals surface area contributed by atoms with Crippen LogP contribution in [0.25, 0.3) is 0 Å². The molecule has 0 amide bonds. The van der Waals surface area contributed by atoms with E-state index in [0.29, 0.717) is 5.92 Å². The summed E-state index contributed by atoms with van der Waals surface area (Å²) in [6, 6.07) is 0. The zero-order valence-corrected chi connectivity index (χ0v) is 21.0. The predicted molar refractivity (Wildman–Crippen MR) is 132 cm³/mol. The normalized spacial score (nSPS) is 19.7. The maximum atomic E-state index is 5.82. The van der Waals surface area contributed by atoms with Gasteiger partial charge in [0.15, 0.2) is 5.96 Å². The Labute approximate surface area is 195 Å². The number of nitrogens with zero attached hydrogens (tertiary/aromatic N) is 3. The summed E-state index contributed by atoms with van der Waals surface area (Å²) in [4.78, 5) is 9.67. The lowest BCUT2D eigenvalue weighted by atomic mass is 10.0. The van der Waals surface area contributed by atoms with Gasteiger partial charge in [0.05, 0.1) is 0 Å². The Morgan fingerprint density at radius 1 is 1.07 bits per heavy atom. The van der Waals surface area contributed by atoms with E-state index in [1.165, 1.54) is 45.6 Å². The van der Waals surface area contributed by atoms with E-state index in [0.717, 1.165) is 71.3 Å². The number of rotatable bonds is 12. The zero-order chi connectivity index (χ0) is 19.9. The molecular weight excluding hydrogens is 481 g/mol. The topological polar surface area (TPSA) is 61.4 Å². The molecule has 0 atom stereocenters. The van der Waals surface area contributed by atoms with E-state index in [2.05, 4.69) is 39.4 Å². The van der Waals surface area contributed by atoms with Crippen molar-refractivity contribution in [1.82, 2.24) is 20.4 Å². The van der Waals surface area contributed by atoms with E-state index in [4.69, 9.17) is 9.47 Å². The third-order valence-corrected chi connectivity index (χ3v) is 5.54. The van der Waals surface area contributed by atoms with Crippen molar-refractivity contribution in [2.45, 2.75) is 39.0 Å². The molecule has 0 aromatic heterocycles. The van der Waals surface area contributed by atoms with E-state index in [1.54, 1.807) is 0 Å². The van der Waals surface area contributed by atoms with E-state index in [9.17, 15) is 0 Å². The number of guanidine groups is 1. The molecule has 2 saturated heterocycles. The van der Waals surface area contributed by atoms with Gasteiger partial charge in [0, 0.05) is 72.2 Å². The van der Waals surface area contributed by atoms with Gasteiger partial charge in [-0.15, -0.1) is 24.0 Å². The van der Waals surface area contributed by atoms with Crippen LogP contribution >= 0.6 is 24.0 Å². The Balaban J connectivity index is 0.00000420. The lowest BCUT2D eigenvalue weighted by molar-refractivity contribution is 0.0205. The quantitative estimate of drug-likeness (QED) is 0.176. The fourth-order valence-corrected chi connectivity index (χ4v) is 3.60. The minimum absolute atomic E-state index is 0. The van der Waals surface area contributed by atoms with E-state index in [1.807, 2.05) is 0 Å². The van der Waals surface area contributed by atoms with Gasteiger partial charge in [-0.3, -0.25) is 4.99 Å². The number of piperazine rings is 1. The number of unbranched alkanes of at least 4 members (excludes halogenated alkanes) is 1. The largest absolute Gasteiger partial charge is 0.381 e. The molecule has 0 saturated carbocycles. The predicted octanol–water partition coefficient (Wildman–Crippen LogP) is 2.02. The van der Waals surface area contributed by atoms with Crippen molar-refractivity contribution in [3.05, 3.63) is 0 Å². The average Bonchev–Trinajstić information content (AvgIpc) is 2.72. The van der Waals surface area contributed by atoms with Crippen LogP contribution in [0.15, 0.2) is 4.99 Å². The van der Waals surface area contributed by atoms with Crippen molar-refractivity contribution >= 4 is 29.9 Å². The minimum Gasteiger partial charge on any atom is -0.381 e. The summed E-state index contributed by atoms with van der Waals surface area (Å²) < 4.78 is 11.2. The molecule has 0 aromatic carbocycles. The Hall–Kier alpha value is -0.160. The fraction of sp³-hybridized carbons (Fsp3) is 0.952. The molecule has 172 valence electrons.